The van der Waals surface area contributed by atoms with E-state index >= 15 is 0 Å². The van der Waals surface area contributed by atoms with Crippen molar-refractivity contribution in [3.05, 3.63) is 70.0 Å². The molecule has 1 aliphatic heterocycles. The number of aliphatic carboxylic acids is 1. The summed E-state index contributed by atoms with van der Waals surface area (Å²) in [5, 5.41) is 9.25. The fraction of sp³-hybridized carbons (Fsp3) is 0.562. The second-order valence-corrected chi connectivity index (χ2v) is 13.2. The Morgan fingerprint density at radius 3 is 2.34 bits per heavy atom. The molecule has 4 aliphatic rings. The van der Waals surface area contributed by atoms with Crippen molar-refractivity contribution in [3.63, 3.8) is 0 Å². The van der Waals surface area contributed by atoms with Crippen LogP contribution in [0.3, 0.4) is 0 Å². The molecule has 0 aromatic heterocycles. The molecule has 41 heavy (non-hydrogen) atoms. The van der Waals surface area contributed by atoms with Crippen molar-refractivity contribution in [2.24, 2.45) is 17.3 Å². The molecule has 9 heteroatoms. The largest absolute Gasteiger partial charge is 0.481 e. The number of carboxylic acid groups (broad SMARTS) is 1. The molecule has 2 saturated carbocycles. The number of amides is 1. The Labute approximate surface area is 235 Å². The van der Waals surface area contributed by atoms with Crippen molar-refractivity contribution in [1.29, 1.82) is 0 Å². The fourth-order valence-electron chi connectivity index (χ4n) is 8.36. The molecule has 3 atom stereocenters. The van der Waals surface area contributed by atoms with Crippen LogP contribution < -0.4 is 0 Å². The van der Waals surface area contributed by atoms with E-state index in [4.69, 9.17) is 0 Å². The first kappa shape index (κ1) is 28.2. The number of benzene rings is 2. The number of hydrogen-bond acceptors (Lipinski definition) is 2. The molecule has 0 bridgehead atoms. The van der Waals surface area contributed by atoms with Crippen LogP contribution in [0.25, 0.3) is 0 Å². The Hall–Kier alpha value is -2.97. The number of hydrogen-bond donors (Lipinski definition) is 1. The lowest BCUT2D eigenvalue weighted by Gasteiger charge is -2.57. The monoisotopic (exact) mass is 575 g/mol. The fourth-order valence-corrected chi connectivity index (χ4v) is 8.36. The molecule has 3 unspecified atom stereocenters. The predicted octanol–water partition coefficient (Wildman–Crippen LogP) is 6.80. The Balaban J connectivity index is 1.31. The Bertz CT molecular complexity index is 1400. The van der Waals surface area contributed by atoms with Gasteiger partial charge >= 0.3 is 12.1 Å². The number of alkyl halides is 4. The van der Waals surface area contributed by atoms with Crippen LogP contribution in [0.1, 0.15) is 73.3 Å². The lowest BCUT2D eigenvalue weighted by Crippen LogP contribution is -2.56. The number of carboxylic acids is 1. The van der Waals surface area contributed by atoms with E-state index in [9.17, 15) is 36.6 Å². The molecule has 1 saturated heterocycles. The van der Waals surface area contributed by atoms with E-state index in [1.807, 2.05) is 4.90 Å². The Kier molecular flexibility index (Phi) is 6.36. The average molecular weight is 576 g/mol. The molecule has 220 valence electrons. The van der Waals surface area contributed by atoms with Crippen molar-refractivity contribution in [3.8, 4) is 0 Å². The molecule has 3 aliphatic carbocycles. The van der Waals surface area contributed by atoms with Gasteiger partial charge in [-0.15, -0.1) is 0 Å². The van der Waals surface area contributed by atoms with Crippen LogP contribution in [0, 0.1) is 30.0 Å². The minimum atomic E-state index is -5.05. The van der Waals surface area contributed by atoms with Crippen molar-refractivity contribution >= 4 is 11.9 Å². The van der Waals surface area contributed by atoms with Crippen LogP contribution >= 0.6 is 0 Å². The third-order valence-electron chi connectivity index (χ3n) is 10.7. The van der Waals surface area contributed by atoms with Gasteiger partial charge in [-0.3, -0.25) is 9.59 Å². The van der Waals surface area contributed by atoms with Crippen LogP contribution in [0.2, 0.25) is 0 Å². The molecule has 2 aromatic carbocycles. The Morgan fingerprint density at radius 2 is 1.71 bits per heavy atom. The minimum Gasteiger partial charge on any atom is -0.481 e. The number of carbonyl (C=O) groups is 2. The van der Waals surface area contributed by atoms with Gasteiger partial charge in [0.2, 0.25) is 11.6 Å². The number of rotatable bonds is 5. The molecule has 0 radical (unpaired) electrons. The van der Waals surface area contributed by atoms with E-state index in [0.717, 1.165) is 11.1 Å². The molecule has 1 N–H and O–H groups in total. The van der Waals surface area contributed by atoms with Crippen molar-refractivity contribution < 1.29 is 36.6 Å². The van der Waals surface area contributed by atoms with Gasteiger partial charge in [0.1, 0.15) is 5.82 Å². The van der Waals surface area contributed by atoms with Gasteiger partial charge in [-0.1, -0.05) is 30.3 Å². The number of nitrogens with zero attached hydrogens (tertiary/aromatic N) is 1. The lowest BCUT2D eigenvalue weighted by molar-refractivity contribution is -0.228. The van der Waals surface area contributed by atoms with Crippen LogP contribution in [0.4, 0.5) is 22.0 Å². The topological polar surface area (TPSA) is 57.6 Å². The number of aryl methyl sites for hydroxylation is 2. The summed E-state index contributed by atoms with van der Waals surface area (Å²) in [6.07, 6.45) is -0.405. The van der Waals surface area contributed by atoms with Gasteiger partial charge in [0, 0.05) is 23.9 Å². The van der Waals surface area contributed by atoms with E-state index in [-0.39, 0.29) is 35.0 Å². The second kappa shape index (κ2) is 9.27. The first-order chi connectivity index (χ1) is 19.2. The minimum absolute atomic E-state index is 0.0428. The van der Waals surface area contributed by atoms with Crippen LogP contribution in [-0.4, -0.2) is 40.6 Å². The molecule has 1 spiro atoms. The zero-order valence-electron chi connectivity index (χ0n) is 23.2. The summed E-state index contributed by atoms with van der Waals surface area (Å²) in [6, 6.07) is 8.90. The molecule has 3 fully saturated rings. The van der Waals surface area contributed by atoms with E-state index in [2.05, 4.69) is 0 Å². The van der Waals surface area contributed by atoms with Crippen molar-refractivity contribution in [1.82, 2.24) is 4.90 Å². The van der Waals surface area contributed by atoms with Gasteiger partial charge in [-0.2, -0.15) is 13.2 Å². The normalized spacial score (nSPS) is 32.0. The summed E-state index contributed by atoms with van der Waals surface area (Å²) >= 11 is 0. The summed E-state index contributed by atoms with van der Waals surface area (Å²) in [7, 11) is 0. The van der Waals surface area contributed by atoms with Crippen molar-refractivity contribution in [2.75, 3.05) is 6.54 Å². The maximum atomic E-state index is 14.9. The highest BCUT2D eigenvalue weighted by atomic mass is 19.4. The highest BCUT2D eigenvalue weighted by Gasteiger charge is 2.60. The molecular weight excluding hydrogens is 541 g/mol. The van der Waals surface area contributed by atoms with Gasteiger partial charge in [0.15, 0.2) is 0 Å². The molecule has 2 aromatic rings. The number of fused-ring (bicyclic) bond motifs is 3. The van der Waals surface area contributed by atoms with Crippen molar-refractivity contribution in [2.45, 2.75) is 88.5 Å². The van der Waals surface area contributed by atoms with Crippen LogP contribution in [-0.2, 0) is 33.5 Å². The van der Waals surface area contributed by atoms with Gasteiger partial charge in [-0.05, 0) is 105 Å². The van der Waals surface area contributed by atoms with Gasteiger partial charge in [0.25, 0.3) is 0 Å². The molecule has 1 heterocycles. The summed E-state index contributed by atoms with van der Waals surface area (Å²) in [6.45, 7) is 2.72. The van der Waals surface area contributed by atoms with E-state index < -0.39 is 28.8 Å². The lowest BCUT2D eigenvalue weighted by atomic mass is 9.48. The SMILES string of the molecule is Cc1cc(CC23CCN(C(=O)C4CC5(CC(C(=O)O)C5)C4)C2CCc2cc(C(C)(F)C(F)(F)F)ccc23)ccc1F. The number of carbonyl (C=O) groups excluding carboxylic acids is 1. The maximum Gasteiger partial charge on any atom is 0.426 e. The van der Waals surface area contributed by atoms with Crippen LogP contribution in [0.15, 0.2) is 36.4 Å². The quantitative estimate of drug-likeness (QED) is 0.399. The zero-order valence-corrected chi connectivity index (χ0v) is 23.2. The maximum absolute atomic E-state index is 14.9. The summed E-state index contributed by atoms with van der Waals surface area (Å²) in [4.78, 5) is 27.0. The summed E-state index contributed by atoms with van der Waals surface area (Å²) in [5.41, 5.74) is -1.69. The van der Waals surface area contributed by atoms with E-state index in [1.165, 1.54) is 18.2 Å². The molecular formula is C32H34F5NO3. The highest BCUT2D eigenvalue weighted by molar-refractivity contribution is 5.82. The van der Waals surface area contributed by atoms with E-state index in [1.54, 1.807) is 25.1 Å². The smallest absolute Gasteiger partial charge is 0.426 e. The predicted molar refractivity (Wildman–Crippen MR) is 141 cm³/mol. The van der Waals surface area contributed by atoms with E-state index in [0.29, 0.717) is 76.0 Å². The third-order valence-corrected chi connectivity index (χ3v) is 10.7. The Morgan fingerprint density at radius 1 is 1.02 bits per heavy atom. The third kappa shape index (κ3) is 4.36. The van der Waals surface area contributed by atoms with Gasteiger partial charge < -0.3 is 10.0 Å². The average Bonchev–Trinajstić information content (AvgIpc) is 3.22. The molecule has 4 nitrogen and oxygen atoms in total. The van der Waals surface area contributed by atoms with Crippen LogP contribution in [0.5, 0.6) is 0 Å². The number of halogens is 5. The number of likely N-dealkylation sites (tertiary alicyclic amines) is 1. The first-order valence-electron chi connectivity index (χ1n) is 14.3. The zero-order chi connectivity index (χ0) is 29.5. The van der Waals surface area contributed by atoms with Gasteiger partial charge in [-0.25, -0.2) is 8.78 Å². The van der Waals surface area contributed by atoms with Gasteiger partial charge in [0.05, 0.1) is 5.92 Å². The second-order valence-electron chi connectivity index (χ2n) is 13.2. The molecule has 1 amide bonds. The summed E-state index contributed by atoms with van der Waals surface area (Å²) in [5.74, 6) is -1.53. The molecule has 6 rings (SSSR count). The highest BCUT2D eigenvalue weighted by Crippen LogP contribution is 2.62. The first-order valence-corrected chi connectivity index (χ1v) is 14.3. The standard InChI is InChI=1S/C32H34F5NO3/c1-18-11-19(3-7-25(18)33)13-31-9-10-38(27(39)21-14-30(15-21)16-22(17-30)28(40)41)26(31)8-4-20-12-23(5-6-24(20)31)29(2,34)32(35,36)37/h3,5-7,11-12,21-22,26H,4,8-10,13-17H2,1-2H3,(H,40,41). The summed E-state index contributed by atoms with van der Waals surface area (Å²) < 4.78 is 69.6.